The van der Waals surface area contributed by atoms with Gasteiger partial charge in [-0.15, -0.1) is 0 Å². The van der Waals surface area contributed by atoms with Gasteiger partial charge in [-0.1, -0.05) is 0 Å². The van der Waals surface area contributed by atoms with E-state index >= 15 is 0 Å². The van der Waals surface area contributed by atoms with Crippen molar-refractivity contribution in [2.75, 3.05) is 44.3 Å². The number of hydrogen-bond donors (Lipinski definition) is 1. The highest BCUT2D eigenvalue weighted by Crippen LogP contribution is 2.40. The van der Waals surface area contributed by atoms with Crippen LogP contribution in [0.2, 0.25) is 0 Å². The molecule has 152 valence electrons. The van der Waals surface area contributed by atoms with Crippen molar-refractivity contribution in [3.8, 4) is 17.1 Å². The molecule has 3 heterocycles. The van der Waals surface area contributed by atoms with Gasteiger partial charge in [0.2, 0.25) is 0 Å². The summed E-state index contributed by atoms with van der Waals surface area (Å²) in [6, 6.07) is 8.00. The van der Waals surface area contributed by atoms with Gasteiger partial charge in [0.15, 0.2) is 0 Å². The van der Waals surface area contributed by atoms with Gasteiger partial charge >= 0.3 is 0 Å². The summed E-state index contributed by atoms with van der Waals surface area (Å²) in [5.41, 5.74) is 2.51. The summed E-state index contributed by atoms with van der Waals surface area (Å²) < 4.78 is 18.7. The topological polar surface area (TPSA) is 70.2 Å². The Hall–Kier alpha value is -2.74. The average Bonchev–Trinajstić information content (AvgIpc) is 3.31. The lowest BCUT2D eigenvalue weighted by atomic mass is 10.1. The minimum atomic E-state index is -0.297. The maximum atomic E-state index is 12.6. The Kier molecular flexibility index (Phi) is 4.58. The molecule has 1 aliphatic heterocycles. The zero-order valence-corrected chi connectivity index (χ0v) is 16.6. The third kappa shape index (κ3) is 3.76. The molecular formula is C21H25FN6O. The Labute approximate surface area is 168 Å². The van der Waals surface area contributed by atoms with E-state index in [1.54, 1.807) is 6.33 Å². The van der Waals surface area contributed by atoms with Crippen molar-refractivity contribution in [1.82, 2.24) is 25.1 Å². The van der Waals surface area contributed by atoms with E-state index in [0.29, 0.717) is 6.54 Å². The van der Waals surface area contributed by atoms with Gasteiger partial charge in [0, 0.05) is 44.2 Å². The molecule has 1 aliphatic carbocycles. The number of rotatable bonds is 6. The molecule has 0 radical (unpaired) electrons. The first-order chi connectivity index (χ1) is 14.1. The monoisotopic (exact) mass is 396 g/mol. The van der Waals surface area contributed by atoms with E-state index in [2.05, 4.69) is 36.9 Å². The van der Waals surface area contributed by atoms with E-state index in [9.17, 15) is 4.39 Å². The Morgan fingerprint density at radius 1 is 1.14 bits per heavy atom. The number of H-pyrrole nitrogens is 1. The molecule has 7 nitrogen and oxygen atoms in total. The number of nitrogens with one attached hydrogen (secondary N) is 1. The number of anilines is 1. The van der Waals surface area contributed by atoms with Gasteiger partial charge in [0.25, 0.3) is 0 Å². The third-order valence-electron chi connectivity index (χ3n) is 5.84. The molecule has 0 unspecified atom stereocenters. The molecule has 1 saturated heterocycles. The zero-order valence-electron chi connectivity index (χ0n) is 16.6. The van der Waals surface area contributed by atoms with Gasteiger partial charge in [-0.25, -0.2) is 14.4 Å². The van der Waals surface area contributed by atoms with Crippen LogP contribution in [0.25, 0.3) is 22.3 Å². The summed E-state index contributed by atoms with van der Waals surface area (Å²) in [6.07, 6.45) is 3.78. The van der Waals surface area contributed by atoms with Crippen molar-refractivity contribution < 1.29 is 9.13 Å². The number of hydrogen-bond acceptors (Lipinski definition) is 6. The molecule has 3 aromatic rings. The fraction of sp³-hybridized carbons (Fsp3) is 0.476. The SMILES string of the molecule is CC1(Oc2ccc3[nH]nc(-c4cc(N5CCN(CCF)CC5)ncn4)c3c2)CC1. The molecule has 0 atom stereocenters. The molecule has 1 aromatic carbocycles. The van der Waals surface area contributed by atoms with E-state index in [4.69, 9.17) is 4.74 Å². The van der Waals surface area contributed by atoms with Crippen molar-refractivity contribution in [2.24, 2.45) is 0 Å². The zero-order chi connectivity index (χ0) is 19.8. The summed E-state index contributed by atoms with van der Waals surface area (Å²) in [5, 5.41) is 8.58. The lowest BCUT2D eigenvalue weighted by Gasteiger charge is -2.34. The summed E-state index contributed by atoms with van der Waals surface area (Å²) in [6.45, 7) is 5.68. The fourth-order valence-corrected chi connectivity index (χ4v) is 3.78. The van der Waals surface area contributed by atoms with Crippen molar-refractivity contribution in [2.45, 2.75) is 25.4 Å². The van der Waals surface area contributed by atoms with Crippen LogP contribution in [-0.4, -0.2) is 70.1 Å². The van der Waals surface area contributed by atoms with Gasteiger partial charge in [-0.05, 0) is 38.0 Å². The number of nitrogens with zero attached hydrogens (tertiary/aromatic N) is 5. The first kappa shape index (κ1) is 18.3. The maximum absolute atomic E-state index is 12.6. The Morgan fingerprint density at radius 3 is 2.72 bits per heavy atom. The number of fused-ring (bicyclic) bond motifs is 1. The lowest BCUT2D eigenvalue weighted by molar-refractivity contribution is 0.200. The molecule has 2 aromatic heterocycles. The number of halogens is 1. The van der Waals surface area contributed by atoms with Crippen LogP contribution < -0.4 is 9.64 Å². The van der Waals surface area contributed by atoms with Gasteiger partial charge in [0.05, 0.1) is 11.2 Å². The first-order valence-electron chi connectivity index (χ1n) is 10.2. The Morgan fingerprint density at radius 2 is 1.97 bits per heavy atom. The Bertz CT molecular complexity index is 1010. The molecule has 1 saturated carbocycles. The van der Waals surface area contributed by atoms with Crippen LogP contribution in [0.3, 0.4) is 0 Å². The number of ether oxygens (including phenoxy) is 1. The predicted molar refractivity (Wildman–Crippen MR) is 110 cm³/mol. The summed E-state index contributed by atoms with van der Waals surface area (Å²) in [5.74, 6) is 1.74. The number of aromatic nitrogens is 4. The maximum Gasteiger partial charge on any atom is 0.132 e. The van der Waals surface area contributed by atoms with E-state index in [1.807, 2.05) is 24.3 Å². The van der Waals surface area contributed by atoms with Crippen LogP contribution in [0.5, 0.6) is 5.75 Å². The largest absolute Gasteiger partial charge is 0.488 e. The highest BCUT2D eigenvalue weighted by molar-refractivity contribution is 5.93. The number of piperazine rings is 1. The van der Waals surface area contributed by atoms with Crippen molar-refractivity contribution >= 4 is 16.7 Å². The molecule has 0 bridgehead atoms. The molecule has 0 amide bonds. The first-order valence-corrected chi connectivity index (χ1v) is 10.2. The molecule has 29 heavy (non-hydrogen) atoms. The number of aromatic amines is 1. The number of benzene rings is 1. The molecule has 5 rings (SSSR count). The van der Waals surface area contributed by atoms with Crippen molar-refractivity contribution in [1.29, 1.82) is 0 Å². The summed E-state index contributed by atoms with van der Waals surface area (Å²) in [7, 11) is 0. The Balaban J connectivity index is 1.40. The molecule has 2 aliphatic rings. The number of alkyl halides is 1. The van der Waals surface area contributed by atoms with Gasteiger partial charge < -0.3 is 9.64 Å². The van der Waals surface area contributed by atoms with E-state index in [1.165, 1.54) is 0 Å². The highest BCUT2D eigenvalue weighted by atomic mass is 19.1. The average molecular weight is 396 g/mol. The molecule has 8 heteroatoms. The normalized spacial score (nSPS) is 18.9. The molecular weight excluding hydrogens is 371 g/mol. The van der Waals surface area contributed by atoms with Gasteiger partial charge in [-0.2, -0.15) is 5.10 Å². The standard InChI is InChI=1S/C21H25FN6O/c1-21(4-5-21)29-15-2-3-17-16(12-15)20(26-25-17)18-13-19(24-14-23-18)28-10-8-27(7-6-22)9-11-28/h2-3,12-14H,4-11H2,1H3,(H,25,26). The van der Waals surface area contributed by atoms with Crippen molar-refractivity contribution in [3.05, 3.63) is 30.6 Å². The lowest BCUT2D eigenvalue weighted by Crippen LogP contribution is -2.47. The van der Waals surface area contributed by atoms with Gasteiger partial charge in [0.1, 0.15) is 35.9 Å². The van der Waals surface area contributed by atoms with Crippen LogP contribution in [0.15, 0.2) is 30.6 Å². The van der Waals surface area contributed by atoms with E-state index in [-0.39, 0.29) is 12.3 Å². The van der Waals surface area contributed by atoms with E-state index in [0.717, 1.165) is 72.9 Å². The quantitative estimate of drug-likeness (QED) is 0.691. The molecule has 1 N–H and O–H groups in total. The second kappa shape index (κ2) is 7.26. The van der Waals surface area contributed by atoms with Crippen LogP contribution >= 0.6 is 0 Å². The minimum Gasteiger partial charge on any atom is -0.488 e. The van der Waals surface area contributed by atoms with Crippen LogP contribution in [0, 0.1) is 0 Å². The second-order valence-corrected chi connectivity index (χ2v) is 8.11. The fourth-order valence-electron chi connectivity index (χ4n) is 3.78. The summed E-state index contributed by atoms with van der Waals surface area (Å²) in [4.78, 5) is 13.3. The van der Waals surface area contributed by atoms with Crippen LogP contribution in [0.1, 0.15) is 19.8 Å². The highest BCUT2D eigenvalue weighted by Gasteiger charge is 2.40. The summed E-state index contributed by atoms with van der Waals surface area (Å²) >= 11 is 0. The third-order valence-corrected chi connectivity index (χ3v) is 5.84. The molecule has 0 spiro atoms. The second-order valence-electron chi connectivity index (χ2n) is 8.11. The van der Waals surface area contributed by atoms with Gasteiger partial charge in [-0.3, -0.25) is 10.00 Å². The van der Waals surface area contributed by atoms with Crippen LogP contribution in [-0.2, 0) is 0 Å². The van der Waals surface area contributed by atoms with Crippen molar-refractivity contribution in [3.63, 3.8) is 0 Å². The van der Waals surface area contributed by atoms with E-state index < -0.39 is 0 Å². The predicted octanol–water partition coefficient (Wildman–Crippen LogP) is 3.04. The van der Waals surface area contributed by atoms with Crippen LogP contribution in [0.4, 0.5) is 10.2 Å². The smallest absolute Gasteiger partial charge is 0.132 e. The minimum absolute atomic E-state index is 0.0239. The molecule has 2 fully saturated rings.